The minimum atomic E-state index is -0.280. The van der Waals surface area contributed by atoms with E-state index in [-0.39, 0.29) is 17.2 Å². The van der Waals surface area contributed by atoms with E-state index < -0.39 is 0 Å². The molecule has 4 rings (SSSR count). The minimum Gasteiger partial charge on any atom is -0.272 e. The number of benzene rings is 3. The van der Waals surface area contributed by atoms with Crippen molar-refractivity contribution in [3.63, 3.8) is 0 Å². The van der Waals surface area contributed by atoms with E-state index in [0.717, 1.165) is 5.56 Å². The van der Waals surface area contributed by atoms with Crippen molar-refractivity contribution in [1.82, 2.24) is 15.0 Å². The Balaban J connectivity index is 1.49. The van der Waals surface area contributed by atoms with Crippen LogP contribution in [0, 0.1) is 0 Å². The smallest absolute Gasteiger partial charge is 0.266 e. The molecule has 0 bridgehead atoms. The van der Waals surface area contributed by atoms with Crippen LogP contribution in [-0.4, -0.2) is 27.4 Å². The van der Waals surface area contributed by atoms with Crippen LogP contribution in [-0.2, 0) is 4.79 Å². The molecule has 0 aliphatic rings. The molecule has 1 aromatic heterocycles. The van der Waals surface area contributed by atoms with E-state index in [1.807, 2.05) is 54.6 Å². The summed E-state index contributed by atoms with van der Waals surface area (Å²) in [6.07, 6.45) is 1.61. The highest BCUT2D eigenvalue weighted by Gasteiger charge is 2.14. The van der Waals surface area contributed by atoms with Gasteiger partial charge in [-0.15, -0.1) is 0 Å². The number of carbonyl (C=O) groups excluding carboxylic acids is 1. The average molecular weight is 457 g/mol. The first-order valence-corrected chi connectivity index (χ1v) is 11.6. The third-order valence-corrected chi connectivity index (χ3v) is 6.04. The summed E-state index contributed by atoms with van der Waals surface area (Å²) in [5.41, 5.74) is 5.83. The Kier molecular flexibility index (Phi) is 7.00. The van der Waals surface area contributed by atoms with Gasteiger partial charge in [0.2, 0.25) is 0 Å². The summed E-state index contributed by atoms with van der Waals surface area (Å²) in [6, 6.07) is 24.6. The summed E-state index contributed by atoms with van der Waals surface area (Å²) in [7, 11) is 0. The topological polar surface area (TPSA) is 76.3 Å². The highest BCUT2D eigenvalue weighted by molar-refractivity contribution is 7.99. The van der Waals surface area contributed by atoms with E-state index in [2.05, 4.69) is 41.5 Å². The van der Waals surface area contributed by atoms with Gasteiger partial charge in [0.25, 0.3) is 11.5 Å². The van der Waals surface area contributed by atoms with Crippen LogP contribution in [0.2, 0.25) is 0 Å². The van der Waals surface area contributed by atoms with Crippen LogP contribution in [0.5, 0.6) is 0 Å². The molecular weight excluding hydrogens is 432 g/mol. The fourth-order valence-corrected chi connectivity index (χ4v) is 4.13. The standard InChI is InChI=1S/C26H24N4O2S/c1-18(2)20-14-12-19(13-15-20)16-27-29-24(31)17-33-26-28-23-11-7-6-10-22(23)25(32)30(26)21-8-4-3-5-9-21/h3-16,18H,17H2,1-2H3,(H,29,31). The van der Waals surface area contributed by atoms with Crippen LogP contribution in [0.1, 0.15) is 30.9 Å². The van der Waals surface area contributed by atoms with E-state index in [1.165, 1.54) is 17.3 Å². The number of para-hydroxylation sites is 2. The first-order chi connectivity index (χ1) is 16.0. The van der Waals surface area contributed by atoms with Crippen LogP contribution in [0.4, 0.5) is 0 Å². The lowest BCUT2D eigenvalue weighted by molar-refractivity contribution is -0.118. The second kappa shape index (κ2) is 10.3. The van der Waals surface area contributed by atoms with Crippen molar-refractivity contribution in [3.05, 3.63) is 100 Å². The minimum absolute atomic E-state index is 0.0707. The van der Waals surface area contributed by atoms with E-state index in [0.29, 0.717) is 27.7 Å². The molecule has 0 saturated heterocycles. The lowest BCUT2D eigenvalue weighted by Crippen LogP contribution is -2.24. The number of nitrogens with zero attached hydrogens (tertiary/aromatic N) is 3. The van der Waals surface area contributed by atoms with Crippen molar-refractivity contribution in [2.45, 2.75) is 24.9 Å². The second-order valence-electron chi connectivity index (χ2n) is 7.79. The molecule has 0 fully saturated rings. The van der Waals surface area contributed by atoms with Gasteiger partial charge in [0.15, 0.2) is 5.16 Å². The molecule has 0 spiro atoms. The predicted molar refractivity (Wildman–Crippen MR) is 134 cm³/mol. The third-order valence-electron chi connectivity index (χ3n) is 5.10. The van der Waals surface area contributed by atoms with Crippen molar-refractivity contribution in [1.29, 1.82) is 0 Å². The van der Waals surface area contributed by atoms with Gasteiger partial charge in [-0.3, -0.25) is 14.2 Å². The number of aromatic nitrogens is 2. The summed E-state index contributed by atoms with van der Waals surface area (Å²) < 4.78 is 1.54. The lowest BCUT2D eigenvalue weighted by Gasteiger charge is -2.12. The predicted octanol–water partition coefficient (Wildman–Crippen LogP) is 4.75. The first-order valence-electron chi connectivity index (χ1n) is 10.6. The largest absolute Gasteiger partial charge is 0.272 e. The Bertz CT molecular complexity index is 1350. The van der Waals surface area contributed by atoms with Crippen LogP contribution in [0.15, 0.2) is 93.9 Å². The Morgan fingerprint density at radius 1 is 1.03 bits per heavy atom. The molecule has 0 atom stereocenters. The molecule has 1 amide bonds. The molecular formula is C26H24N4O2S. The molecule has 33 heavy (non-hydrogen) atoms. The number of rotatable bonds is 7. The molecule has 7 heteroatoms. The Hall–Kier alpha value is -3.71. The van der Waals surface area contributed by atoms with Gasteiger partial charge >= 0.3 is 0 Å². The molecule has 3 aromatic carbocycles. The fourth-order valence-electron chi connectivity index (χ4n) is 3.32. The average Bonchev–Trinajstić information content (AvgIpc) is 2.84. The molecule has 4 aromatic rings. The monoisotopic (exact) mass is 456 g/mol. The zero-order chi connectivity index (χ0) is 23.2. The Morgan fingerprint density at radius 3 is 2.45 bits per heavy atom. The Labute approximate surface area is 196 Å². The third kappa shape index (κ3) is 5.38. The molecule has 1 N–H and O–H groups in total. The maximum absolute atomic E-state index is 13.2. The highest BCUT2D eigenvalue weighted by atomic mass is 32.2. The Morgan fingerprint density at radius 2 is 1.73 bits per heavy atom. The normalized spacial score (nSPS) is 11.4. The molecule has 0 unspecified atom stereocenters. The van der Waals surface area contributed by atoms with Gasteiger partial charge in [0, 0.05) is 0 Å². The van der Waals surface area contributed by atoms with Gasteiger partial charge in [0.1, 0.15) is 0 Å². The highest BCUT2D eigenvalue weighted by Crippen LogP contribution is 2.21. The van der Waals surface area contributed by atoms with Crippen molar-refractivity contribution >= 4 is 34.8 Å². The van der Waals surface area contributed by atoms with Crippen molar-refractivity contribution < 1.29 is 4.79 Å². The maximum Gasteiger partial charge on any atom is 0.266 e. The number of carbonyl (C=O) groups is 1. The van der Waals surface area contributed by atoms with Gasteiger partial charge in [0.05, 0.1) is 28.6 Å². The molecule has 6 nitrogen and oxygen atoms in total. The van der Waals surface area contributed by atoms with Crippen molar-refractivity contribution in [2.24, 2.45) is 5.10 Å². The maximum atomic E-state index is 13.2. The zero-order valence-electron chi connectivity index (χ0n) is 18.4. The second-order valence-corrected chi connectivity index (χ2v) is 8.73. The van der Waals surface area contributed by atoms with Crippen LogP contribution < -0.4 is 11.0 Å². The summed E-state index contributed by atoms with van der Waals surface area (Å²) in [4.78, 5) is 30.2. The van der Waals surface area contributed by atoms with E-state index in [4.69, 9.17) is 0 Å². The van der Waals surface area contributed by atoms with E-state index in [9.17, 15) is 9.59 Å². The molecule has 0 aliphatic carbocycles. The summed E-state index contributed by atoms with van der Waals surface area (Å²) in [5, 5.41) is 5.03. The number of thioether (sulfide) groups is 1. The molecule has 166 valence electrons. The molecule has 0 radical (unpaired) electrons. The van der Waals surface area contributed by atoms with Gasteiger partial charge in [-0.2, -0.15) is 5.10 Å². The summed E-state index contributed by atoms with van der Waals surface area (Å²) >= 11 is 1.20. The quantitative estimate of drug-likeness (QED) is 0.188. The number of hydrogen-bond acceptors (Lipinski definition) is 5. The molecule has 0 aliphatic heterocycles. The number of nitrogens with one attached hydrogen (secondary N) is 1. The molecule has 1 heterocycles. The van der Waals surface area contributed by atoms with Crippen molar-refractivity contribution in [3.8, 4) is 5.69 Å². The fraction of sp³-hybridized carbons (Fsp3) is 0.154. The van der Waals surface area contributed by atoms with Crippen LogP contribution in [0.25, 0.3) is 16.6 Å². The zero-order valence-corrected chi connectivity index (χ0v) is 19.3. The van der Waals surface area contributed by atoms with Gasteiger partial charge in [-0.25, -0.2) is 10.4 Å². The number of amides is 1. The van der Waals surface area contributed by atoms with Crippen LogP contribution >= 0.6 is 11.8 Å². The van der Waals surface area contributed by atoms with Gasteiger partial charge in [-0.05, 0) is 41.3 Å². The first kappa shape index (κ1) is 22.5. The number of hydrazone groups is 1. The number of hydrogen-bond donors (Lipinski definition) is 1. The summed E-state index contributed by atoms with van der Waals surface area (Å²) in [6.45, 7) is 4.28. The van der Waals surface area contributed by atoms with E-state index in [1.54, 1.807) is 22.9 Å². The van der Waals surface area contributed by atoms with Crippen LogP contribution in [0.3, 0.4) is 0 Å². The lowest BCUT2D eigenvalue weighted by atomic mass is 10.0. The summed E-state index contributed by atoms with van der Waals surface area (Å²) in [5.74, 6) is 0.253. The van der Waals surface area contributed by atoms with E-state index >= 15 is 0 Å². The van der Waals surface area contributed by atoms with Crippen molar-refractivity contribution in [2.75, 3.05) is 5.75 Å². The molecule has 0 saturated carbocycles. The SMILES string of the molecule is CC(C)c1ccc(C=NNC(=O)CSc2nc3ccccc3c(=O)n2-c2ccccc2)cc1. The number of fused-ring (bicyclic) bond motifs is 1. The van der Waals surface area contributed by atoms with Gasteiger partial charge in [-0.1, -0.05) is 80.2 Å². The van der Waals surface area contributed by atoms with Gasteiger partial charge < -0.3 is 0 Å².